The summed E-state index contributed by atoms with van der Waals surface area (Å²) < 4.78 is 0. The van der Waals surface area contributed by atoms with Gasteiger partial charge in [0.1, 0.15) is 0 Å². The first-order valence-electron chi connectivity index (χ1n) is 3.89. The Morgan fingerprint density at radius 3 is 2.69 bits per heavy atom. The number of nitrogen functional groups attached to an aromatic ring is 1. The molecule has 1 aromatic heterocycles. The number of aromatic hydroxyl groups is 2. The second-order valence-corrected chi connectivity index (χ2v) is 3.06. The molecule has 0 radical (unpaired) electrons. The quantitative estimate of drug-likeness (QED) is 0.364. The number of aromatic amines is 1. The molecule has 0 unspecified atom stereocenters. The van der Waals surface area contributed by atoms with Gasteiger partial charge < -0.3 is 20.9 Å². The fraction of sp³-hybridized carbons (Fsp3) is 0.111. The van der Waals surface area contributed by atoms with Gasteiger partial charge in [-0.25, -0.2) is 0 Å². The highest BCUT2D eigenvalue weighted by Gasteiger charge is 2.12. The lowest BCUT2D eigenvalue weighted by Crippen LogP contribution is -1.86. The van der Waals surface area contributed by atoms with Gasteiger partial charge in [-0.15, -0.1) is 0 Å². The van der Waals surface area contributed by atoms with E-state index in [9.17, 15) is 10.2 Å². The van der Waals surface area contributed by atoms with E-state index >= 15 is 0 Å². The molecule has 4 nitrogen and oxygen atoms in total. The van der Waals surface area contributed by atoms with E-state index in [4.69, 9.17) is 5.73 Å². The van der Waals surface area contributed by atoms with Crippen molar-refractivity contribution < 1.29 is 10.2 Å². The molecule has 5 N–H and O–H groups in total. The molecule has 0 fully saturated rings. The number of phenols is 2. The second kappa shape index (κ2) is 2.32. The van der Waals surface area contributed by atoms with Gasteiger partial charge in [-0.2, -0.15) is 0 Å². The minimum Gasteiger partial charge on any atom is -0.504 e. The largest absolute Gasteiger partial charge is 0.504 e. The van der Waals surface area contributed by atoms with Crippen molar-refractivity contribution >= 4 is 16.6 Å². The van der Waals surface area contributed by atoms with Gasteiger partial charge in [0.05, 0.1) is 11.2 Å². The maximum absolute atomic E-state index is 9.56. The number of hydrogen-bond donors (Lipinski definition) is 4. The number of benzene rings is 1. The molecule has 0 bridgehead atoms. The summed E-state index contributed by atoms with van der Waals surface area (Å²) in [5.41, 5.74) is 7.24. The van der Waals surface area contributed by atoms with Crippen molar-refractivity contribution in [3.63, 3.8) is 0 Å². The summed E-state index contributed by atoms with van der Waals surface area (Å²) in [6, 6.07) is 1.59. The van der Waals surface area contributed by atoms with E-state index in [2.05, 4.69) is 4.98 Å². The molecule has 1 aromatic carbocycles. The van der Waals surface area contributed by atoms with Crippen LogP contribution < -0.4 is 5.73 Å². The highest BCUT2D eigenvalue weighted by Crippen LogP contribution is 2.39. The van der Waals surface area contributed by atoms with Crippen molar-refractivity contribution in [2.45, 2.75) is 6.92 Å². The Bertz CT molecular complexity index is 474. The lowest BCUT2D eigenvalue weighted by atomic mass is 10.1. The number of aryl methyl sites for hydroxylation is 1. The summed E-state index contributed by atoms with van der Waals surface area (Å²) in [6.07, 6.45) is 1.75. The fourth-order valence-electron chi connectivity index (χ4n) is 1.45. The zero-order chi connectivity index (χ0) is 9.59. The molecule has 0 amide bonds. The van der Waals surface area contributed by atoms with Gasteiger partial charge in [-0.1, -0.05) is 0 Å². The summed E-state index contributed by atoms with van der Waals surface area (Å²) in [4.78, 5) is 2.95. The molecular weight excluding hydrogens is 168 g/mol. The molecule has 68 valence electrons. The molecule has 4 heteroatoms. The van der Waals surface area contributed by atoms with Crippen LogP contribution in [0.3, 0.4) is 0 Å². The van der Waals surface area contributed by atoms with Gasteiger partial charge in [0.2, 0.25) is 0 Å². The lowest BCUT2D eigenvalue weighted by Gasteiger charge is -2.03. The van der Waals surface area contributed by atoms with E-state index in [0.717, 1.165) is 11.1 Å². The molecule has 0 spiro atoms. The summed E-state index contributed by atoms with van der Waals surface area (Å²) in [5.74, 6) is -0.413. The van der Waals surface area contributed by atoms with Crippen LogP contribution >= 0.6 is 0 Å². The van der Waals surface area contributed by atoms with Crippen molar-refractivity contribution in [2.24, 2.45) is 0 Å². The van der Waals surface area contributed by atoms with Crippen molar-refractivity contribution in [3.8, 4) is 11.5 Å². The van der Waals surface area contributed by atoms with Crippen LogP contribution in [0.2, 0.25) is 0 Å². The maximum Gasteiger partial charge on any atom is 0.181 e. The van der Waals surface area contributed by atoms with Crippen LogP contribution in [0.4, 0.5) is 5.69 Å². The Kier molecular flexibility index (Phi) is 1.39. The minimum absolute atomic E-state index is 0.159. The third-order valence-corrected chi connectivity index (χ3v) is 2.14. The molecule has 2 aromatic rings. The van der Waals surface area contributed by atoms with Crippen molar-refractivity contribution in [2.75, 3.05) is 5.73 Å². The van der Waals surface area contributed by atoms with Crippen LogP contribution in [0.25, 0.3) is 10.9 Å². The number of H-pyrrole nitrogens is 1. The maximum atomic E-state index is 9.56. The molecule has 1 heterocycles. The van der Waals surface area contributed by atoms with Crippen LogP contribution in [0.5, 0.6) is 11.5 Å². The zero-order valence-electron chi connectivity index (χ0n) is 7.13. The van der Waals surface area contributed by atoms with Crippen LogP contribution in [0.1, 0.15) is 5.56 Å². The fourth-order valence-corrected chi connectivity index (χ4v) is 1.45. The number of aromatic nitrogens is 1. The van der Waals surface area contributed by atoms with Gasteiger partial charge in [-0.05, 0) is 18.6 Å². The summed E-state index contributed by atoms with van der Waals surface area (Å²) in [5, 5.41) is 19.5. The molecule has 0 aliphatic heterocycles. The van der Waals surface area contributed by atoms with E-state index in [0.29, 0.717) is 5.39 Å². The standard InChI is InChI=1S/C9H10N2O2/c1-4-3-11-6-2-5(10)8(12)9(13)7(4)6/h2-3,11-13H,10H2,1H3. The first-order chi connectivity index (χ1) is 6.11. The molecule has 13 heavy (non-hydrogen) atoms. The summed E-state index contributed by atoms with van der Waals surface area (Å²) in [6.45, 7) is 1.84. The number of fused-ring (bicyclic) bond motifs is 1. The number of nitrogens with two attached hydrogens (primary N) is 1. The molecule has 2 rings (SSSR count). The minimum atomic E-state index is -0.254. The average molecular weight is 178 g/mol. The van der Waals surface area contributed by atoms with Gasteiger partial charge in [0.25, 0.3) is 0 Å². The Hall–Kier alpha value is -1.84. The Morgan fingerprint density at radius 2 is 2.00 bits per heavy atom. The number of nitrogens with one attached hydrogen (secondary N) is 1. The van der Waals surface area contributed by atoms with Crippen LogP contribution in [0, 0.1) is 6.92 Å². The summed E-state index contributed by atoms with van der Waals surface area (Å²) >= 11 is 0. The normalized spacial score (nSPS) is 10.8. The topological polar surface area (TPSA) is 82.3 Å². The molecule has 0 aliphatic carbocycles. The smallest absolute Gasteiger partial charge is 0.181 e. The lowest BCUT2D eigenvalue weighted by molar-refractivity contribution is 0.410. The first-order valence-corrected chi connectivity index (χ1v) is 3.89. The van der Waals surface area contributed by atoms with Crippen LogP contribution in [-0.4, -0.2) is 15.2 Å². The molecule has 0 saturated carbocycles. The third-order valence-electron chi connectivity index (χ3n) is 2.14. The predicted molar refractivity (Wildman–Crippen MR) is 50.8 cm³/mol. The van der Waals surface area contributed by atoms with Crippen molar-refractivity contribution in [1.29, 1.82) is 0 Å². The predicted octanol–water partition coefficient (Wildman–Crippen LogP) is 1.47. The van der Waals surface area contributed by atoms with Gasteiger partial charge in [0, 0.05) is 11.6 Å². The van der Waals surface area contributed by atoms with E-state index in [-0.39, 0.29) is 17.2 Å². The Labute approximate surface area is 74.6 Å². The van der Waals surface area contributed by atoms with Gasteiger partial charge in [0.15, 0.2) is 11.5 Å². The second-order valence-electron chi connectivity index (χ2n) is 3.06. The Balaban J connectivity index is 2.97. The highest BCUT2D eigenvalue weighted by atomic mass is 16.3. The number of anilines is 1. The molecule has 0 atom stereocenters. The number of phenolic OH excluding ortho intramolecular Hbond substituents is 2. The Morgan fingerprint density at radius 1 is 1.31 bits per heavy atom. The average Bonchev–Trinajstić information content (AvgIpc) is 2.43. The SMILES string of the molecule is Cc1c[nH]c2cc(N)c(O)c(O)c12. The van der Waals surface area contributed by atoms with Crippen molar-refractivity contribution in [1.82, 2.24) is 4.98 Å². The van der Waals surface area contributed by atoms with Crippen LogP contribution in [-0.2, 0) is 0 Å². The van der Waals surface area contributed by atoms with Gasteiger partial charge >= 0.3 is 0 Å². The monoisotopic (exact) mass is 178 g/mol. The summed E-state index contributed by atoms with van der Waals surface area (Å²) in [7, 11) is 0. The van der Waals surface area contributed by atoms with E-state index in [1.54, 1.807) is 12.3 Å². The van der Waals surface area contributed by atoms with E-state index in [1.807, 2.05) is 6.92 Å². The van der Waals surface area contributed by atoms with E-state index in [1.165, 1.54) is 0 Å². The zero-order valence-corrected chi connectivity index (χ0v) is 7.13. The molecule has 0 aliphatic rings. The first kappa shape index (κ1) is 7.79. The van der Waals surface area contributed by atoms with Crippen molar-refractivity contribution in [3.05, 3.63) is 17.8 Å². The molecule has 0 saturated heterocycles. The molecular formula is C9H10N2O2. The van der Waals surface area contributed by atoms with Crippen LogP contribution in [0.15, 0.2) is 12.3 Å². The number of hydrogen-bond acceptors (Lipinski definition) is 3. The van der Waals surface area contributed by atoms with Gasteiger partial charge in [-0.3, -0.25) is 0 Å². The van der Waals surface area contributed by atoms with E-state index < -0.39 is 0 Å². The highest BCUT2D eigenvalue weighted by molar-refractivity contribution is 5.94. The third kappa shape index (κ3) is 0.917. The number of rotatable bonds is 0.